The van der Waals surface area contributed by atoms with Gasteiger partial charge in [-0.15, -0.1) is 23.1 Å². The van der Waals surface area contributed by atoms with Gasteiger partial charge in [-0.2, -0.15) is 0 Å². The first-order valence-electron chi connectivity index (χ1n) is 9.77. The number of anilines is 1. The van der Waals surface area contributed by atoms with Gasteiger partial charge in [0.05, 0.1) is 33.8 Å². The first-order chi connectivity index (χ1) is 15.0. The van der Waals surface area contributed by atoms with Gasteiger partial charge in [-0.25, -0.2) is 14.4 Å². The van der Waals surface area contributed by atoms with Crippen LogP contribution in [0.4, 0.5) is 10.2 Å². The number of nitrogens with one attached hydrogen (secondary N) is 1. The molecule has 0 aliphatic rings. The zero-order valence-corrected chi connectivity index (χ0v) is 19.4. The number of aromatic nitrogens is 2. The molecule has 0 aliphatic carbocycles. The Morgan fingerprint density at radius 3 is 2.77 bits per heavy atom. The third-order valence-corrected chi connectivity index (χ3v) is 6.19. The van der Waals surface area contributed by atoms with Crippen LogP contribution in [0.5, 0.6) is 5.75 Å². The number of pyridine rings is 1. The number of ether oxygens (including phenoxy) is 1. The molecule has 3 rings (SSSR count). The Kier molecular flexibility index (Phi) is 8.20. The zero-order chi connectivity index (χ0) is 22.2. The Hall–Kier alpha value is -2.71. The van der Waals surface area contributed by atoms with E-state index < -0.39 is 0 Å². The molecule has 0 bridgehead atoms. The second-order valence-corrected chi connectivity index (χ2v) is 8.94. The first-order valence-corrected chi connectivity index (χ1v) is 11.6. The minimum Gasteiger partial charge on any atom is -0.490 e. The maximum Gasteiger partial charge on any atom is 0.165 e. The smallest absolute Gasteiger partial charge is 0.165 e. The minimum atomic E-state index is -0.334. The van der Waals surface area contributed by atoms with Gasteiger partial charge >= 0.3 is 0 Å². The quantitative estimate of drug-likeness (QED) is 0.229. The average Bonchev–Trinajstić information content (AvgIpc) is 3.08. The Balaban J connectivity index is 1.45. The molecule has 0 radical (unpaired) electrons. The summed E-state index contributed by atoms with van der Waals surface area (Å²) in [5, 5.41) is 6.27. The van der Waals surface area contributed by atoms with Crippen molar-refractivity contribution in [2.75, 3.05) is 17.8 Å². The third-order valence-electron chi connectivity index (χ3n) is 4.40. The van der Waals surface area contributed by atoms with Crippen LogP contribution in [-0.4, -0.2) is 29.2 Å². The number of hydrogen-bond acceptors (Lipinski definition) is 7. The van der Waals surface area contributed by atoms with Crippen molar-refractivity contribution in [2.45, 2.75) is 27.2 Å². The lowest BCUT2D eigenvalue weighted by atomic mass is 10.2. The summed E-state index contributed by atoms with van der Waals surface area (Å²) >= 11 is 3.21. The summed E-state index contributed by atoms with van der Waals surface area (Å²) in [4.78, 5) is 14.0. The van der Waals surface area contributed by atoms with E-state index >= 15 is 0 Å². The summed E-state index contributed by atoms with van der Waals surface area (Å²) in [6, 6.07) is 8.88. The lowest BCUT2D eigenvalue weighted by Crippen LogP contribution is -2.04. The fourth-order valence-electron chi connectivity index (χ4n) is 2.85. The number of benzene rings is 1. The van der Waals surface area contributed by atoms with Crippen LogP contribution in [0, 0.1) is 26.6 Å². The molecule has 3 aromatic rings. The molecule has 0 saturated heterocycles. The summed E-state index contributed by atoms with van der Waals surface area (Å²) in [5.74, 6) is 1.38. The van der Waals surface area contributed by atoms with Gasteiger partial charge in [-0.3, -0.25) is 4.99 Å². The van der Waals surface area contributed by atoms with Crippen LogP contribution >= 0.6 is 23.1 Å². The highest BCUT2D eigenvalue weighted by molar-refractivity contribution is 8.02. The van der Waals surface area contributed by atoms with E-state index in [0.29, 0.717) is 18.9 Å². The van der Waals surface area contributed by atoms with E-state index in [2.05, 4.69) is 27.0 Å². The second-order valence-electron chi connectivity index (χ2n) is 6.88. The molecule has 2 aromatic heterocycles. The van der Waals surface area contributed by atoms with Crippen LogP contribution in [0.3, 0.4) is 0 Å². The van der Waals surface area contributed by atoms with Gasteiger partial charge in [0.25, 0.3) is 0 Å². The van der Waals surface area contributed by atoms with Crippen molar-refractivity contribution in [1.29, 1.82) is 0 Å². The highest BCUT2D eigenvalue weighted by Gasteiger charge is 2.09. The molecule has 1 N–H and O–H groups in total. The minimum absolute atomic E-state index is 0.277. The highest BCUT2D eigenvalue weighted by Crippen LogP contribution is 2.28. The number of thiazole rings is 1. The van der Waals surface area contributed by atoms with E-state index in [1.807, 2.05) is 44.4 Å². The van der Waals surface area contributed by atoms with Gasteiger partial charge in [0.2, 0.25) is 0 Å². The standard InChI is InChI=1S/C23H25FN4OS2/c1-15-5-7-21(19(24)11-15)29-10-9-18-6-8-22(26-12-18)27-14-30-13-20(25-4)23-16(2)28-17(3)31-23/h5-8,11-13H,4,9-10,14H2,1-3H3,(H,26,27)/b20-13-. The predicted octanol–water partition coefficient (Wildman–Crippen LogP) is 6.03. The SMILES string of the molecule is C=N/C(=C\SCNc1ccc(CCOc2ccc(C)cc2F)cn1)c1sc(C)nc1C. The lowest BCUT2D eigenvalue weighted by molar-refractivity contribution is 0.305. The summed E-state index contributed by atoms with van der Waals surface area (Å²) < 4.78 is 19.3. The maximum atomic E-state index is 13.8. The Bertz CT molecular complexity index is 1060. The van der Waals surface area contributed by atoms with E-state index in [-0.39, 0.29) is 11.6 Å². The molecule has 31 heavy (non-hydrogen) atoms. The Morgan fingerprint density at radius 2 is 2.13 bits per heavy atom. The van der Waals surface area contributed by atoms with Crippen LogP contribution in [0.2, 0.25) is 0 Å². The fraction of sp³-hybridized carbons (Fsp3) is 0.261. The van der Waals surface area contributed by atoms with Crippen molar-refractivity contribution in [3.8, 4) is 5.75 Å². The van der Waals surface area contributed by atoms with Crippen LogP contribution in [0.1, 0.15) is 26.7 Å². The first kappa shape index (κ1) is 23.0. The molecule has 1 aromatic carbocycles. The van der Waals surface area contributed by atoms with Crippen LogP contribution in [-0.2, 0) is 6.42 Å². The predicted molar refractivity (Wildman–Crippen MR) is 130 cm³/mol. The van der Waals surface area contributed by atoms with Gasteiger partial charge in [-0.1, -0.05) is 12.1 Å². The molecule has 0 spiro atoms. The summed E-state index contributed by atoms with van der Waals surface area (Å²) in [6.45, 7) is 9.88. The summed E-state index contributed by atoms with van der Waals surface area (Å²) in [5.41, 5.74) is 3.71. The van der Waals surface area contributed by atoms with E-state index in [0.717, 1.165) is 38.2 Å². The maximum absolute atomic E-state index is 13.8. The number of nitrogens with zero attached hydrogens (tertiary/aromatic N) is 3. The van der Waals surface area contributed by atoms with Gasteiger partial charge in [0, 0.05) is 12.6 Å². The molecule has 5 nitrogen and oxygen atoms in total. The molecular formula is C23H25FN4OS2. The number of thioether (sulfide) groups is 1. The fourth-order valence-corrected chi connectivity index (χ4v) is 4.49. The van der Waals surface area contributed by atoms with Crippen molar-refractivity contribution < 1.29 is 9.13 Å². The molecule has 0 fully saturated rings. The molecule has 0 atom stereocenters. The molecule has 162 valence electrons. The largest absolute Gasteiger partial charge is 0.490 e. The van der Waals surface area contributed by atoms with Crippen LogP contribution < -0.4 is 10.1 Å². The second kappa shape index (κ2) is 11.1. The van der Waals surface area contributed by atoms with Crippen molar-refractivity contribution in [2.24, 2.45) is 4.99 Å². The summed E-state index contributed by atoms with van der Waals surface area (Å²) in [6.07, 6.45) is 2.46. The number of aryl methyl sites for hydroxylation is 3. The van der Waals surface area contributed by atoms with Gasteiger partial charge in [0.1, 0.15) is 5.82 Å². The Labute approximate surface area is 190 Å². The molecular weight excluding hydrogens is 431 g/mol. The van der Waals surface area contributed by atoms with E-state index in [1.165, 1.54) is 6.07 Å². The van der Waals surface area contributed by atoms with Crippen LogP contribution in [0.25, 0.3) is 5.70 Å². The van der Waals surface area contributed by atoms with Gasteiger partial charge < -0.3 is 10.1 Å². The number of hydrogen-bond donors (Lipinski definition) is 1. The molecule has 0 amide bonds. The number of halogens is 1. The lowest BCUT2D eigenvalue weighted by Gasteiger charge is -2.08. The van der Waals surface area contributed by atoms with E-state index in [9.17, 15) is 4.39 Å². The molecule has 2 heterocycles. The summed E-state index contributed by atoms with van der Waals surface area (Å²) in [7, 11) is 0. The third kappa shape index (κ3) is 6.63. The van der Waals surface area contributed by atoms with Crippen molar-refractivity contribution in [3.63, 3.8) is 0 Å². The number of rotatable bonds is 10. The zero-order valence-electron chi connectivity index (χ0n) is 17.8. The Morgan fingerprint density at radius 1 is 1.29 bits per heavy atom. The molecule has 0 aliphatic heterocycles. The molecule has 8 heteroatoms. The normalized spacial score (nSPS) is 11.4. The van der Waals surface area contributed by atoms with Crippen LogP contribution in [0.15, 0.2) is 46.9 Å². The van der Waals surface area contributed by atoms with Crippen molar-refractivity contribution >= 4 is 41.3 Å². The molecule has 0 saturated carbocycles. The van der Waals surface area contributed by atoms with E-state index in [4.69, 9.17) is 4.74 Å². The van der Waals surface area contributed by atoms with Gasteiger partial charge in [-0.05, 0) is 62.2 Å². The van der Waals surface area contributed by atoms with Crippen molar-refractivity contribution in [1.82, 2.24) is 9.97 Å². The monoisotopic (exact) mass is 456 g/mol. The topological polar surface area (TPSA) is 59.4 Å². The highest BCUT2D eigenvalue weighted by atomic mass is 32.2. The molecule has 0 unspecified atom stereocenters. The van der Waals surface area contributed by atoms with Crippen molar-refractivity contribution in [3.05, 3.63) is 74.5 Å². The average molecular weight is 457 g/mol. The van der Waals surface area contributed by atoms with E-state index in [1.54, 1.807) is 35.4 Å². The number of aliphatic imine (C=N–C) groups is 1. The van der Waals surface area contributed by atoms with Gasteiger partial charge in [0.15, 0.2) is 11.6 Å².